The normalized spacial score (nSPS) is 18.2. The zero-order valence-electron chi connectivity index (χ0n) is 12.8. The lowest BCUT2D eigenvalue weighted by molar-refractivity contribution is -0.00132. The van der Waals surface area contributed by atoms with Gasteiger partial charge in [-0.2, -0.15) is 0 Å². The summed E-state index contributed by atoms with van der Waals surface area (Å²) >= 11 is 0. The Kier molecular flexibility index (Phi) is 4.61. The molecule has 1 aromatic rings. The van der Waals surface area contributed by atoms with Crippen molar-refractivity contribution in [1.82, 2.24) is 4.90 Å². The third-order valence-electron chi connectivity index (χ3n) is 4.14. The van der Waals surface area contributed by atoms with E-state index < -0.39 is 5.60 Å². The summed E-state index contributed by atoms with van der Waals surface area (Å²) in [6.45, 7) is 2.39. The molecule has 0 unspecified atom stereocenters. The van der Waals surface area contributed by atoms with Gasteiger partial charge in [0.2, 0.25) is 0 Å². The lowest BCUT2D eigenvalue weighted by atomic mass is 9.77. The van der Waals surface area contributed by atoms with Gasteiger partial charge in [0.05, 0.1) is 5.60 Å². The predicted molar refractivity (Wildman–Crippen MR) is 80.8 cm³/mol. The number of hydrogen-bond donors (Lipinski definition) is 1. The largest absolute Gasteiger partial charge is 0.385 e. The fourth-order valence-electron chi connectivity index (χ4n) is 3.16. The fraction of sp³-hybridized carbons (Fsp3) is 0.588. The van der Waals surface area contributed by atoms with Gasteiger partial charge in [-0.25, -0.2) is 0 Å². The number of nitrogens with zero attached hydrogens (tertiary/aromatic N) is 1. The van der Waals surface area contributed by atoms with Crippen molar-refractivity contribution in [1.29, 1.82) is 0 Å². The maximum atomic E-state index is 12.0. The third kappa shape index (κ3) is 3.28. The van der Waals surface area contributed by atoms with E-state index in [1.807, 2.05) is 32.3 Å². The number of carbonyl (C=O) groups is 1. The highest BCUT2D eigenvalue weighted by Crippen LogP contribution is 2.38. The Labute approximate surface area is 121 Å². The van der Waals surface area contributed by atoms with Gasteiger partial charge in [0.25, 0.3) is 0 Å². The Morgan fingerprint density at radius 2 is 1.90 bits per heavy atom. The summed E-state index contributed by atoms with van der Waals surface area (Å²) < 4.78 is 0. The van der Waals surface area contributed by atoms with Crippen molar-refractivity contribution < 1.29 is 9.90 Å². The molecule has 20 heavy (non-hydrogen) atoms. The molecule has 0 saturated heterocycles. The SMILES string of the molecule is CC(=O)c1cc(CN(C)C)ccc1C1(O)CCCCC1. The van der Waals surface area contributed by atoms with Gasteiger partial charge >= 0.3 is 0 Å². The maximum Gasteiger partial charge on any atom is 0.160 e. The quantitative estimate of drug-likeness (QED) is 0.858. The van der Waals surface area contributed by atoms with E-state index in [1.165, 1.54) is 6.42 Å². The van der Waals surface area contributed by atoms with Crippen LogP contribution in [0.4, 0.5) is 0 Å². The highest BCUT2D eigenvalue weighted by Gasteiger charge is 2.33. The van der Waals surface area contributed by atoms with E-state index >= 15 is 0 Å². The van der Waals surface area contributed by atoms with Crippen LogP contribution in [-0.2, 0) is 12.1 Å². The second-order valence-corrected chi connectivity index (χ2v) is 6.27. The zero-order chi connectivity index (χ0) is 14.8. The smallest absolute Gasteiger partial charge is 0.160 e. The summed E-state index contributed by atoms with van der Waals surface area (Å²) in [5.74, 6) is 0.0413. The third-order valence-corrected chi connectivity index (χ3v) is 4.14. The Hall–Kier alpha value is -1.19. The number of benzene rings is 1. The Bertz CT molecular complexity index is 488. The van der Waals surface area contributed by atoms with Crippen LogP contribution in [0.1, 0.15) is 60.5 Å². The Balaban J connectivity index is 2.39. The molecule has 0 heterocycles. The molecule has 0 radical (unpaired) electrons. The monoisotopic (exact) mass is 275 g/mol. The van der Waals surface area contributed by atoms with Gasteiger partial charge in [0.1, 0.15) is 0 Å². The summed E-state index contributed by atoms with van der Waals surface area (Å²) in [6.07, 6.45) is 4.78. The van der Waals surface area contributed by atoms with Crippen LogP contribution in [0, 0.1) is 0 Å². The highest BCUT2D eigenvalue weighted by atomic mass is 16.3. The first-order chi connectivity index (χ1) is 9.42. The van der Waals surface area contributed by atoms with Crippen LogP contribution in [0.25, 0.3) is 0 Å². The minimum Gasteiger partial charge on any atom is -0.385 e. The molecule has 1 aliphatic rings. The minimum absolute atomic E-state index is 0.0413. The molecular weight excluding hydrogens is 250 g/mol. The van der Waals surface area contributed by atoms with Crippen LogP contribution in [-0.4, -0.2) is 29.9 Å². The van der Waals surface area contributed by atoms with Crippen LogP contribution in [0.2, 0.25) is 0 Å². The van der Waals surface area contributed by atoms with Gasteiger partial charge in [-0.15, -0.1) is 0 Å². The van der Waals surface area contributed by atoms with Gasteiger partial charge in [-0.1, -0.05) is 31.4 Å². The van der Waals surface area contributed by atoms with Crippen LogP contribution in [0.3, 0.4) is 0 Å². The van der Waals surface area contributed by atoms with E-state index in [9.17, 15) is 9.90 Å². The van der Waals surface area contributed by atoms with E-state index in [0.29, 0.717) is 5.56 Å². The van der Waals surface area contributed by atoms with E-state index in [-0.39, 0.29) is 5.78 Å². The minimum atomic E-state index is -0.810. The molecule has 0 amide bonds. The molecule has 2 rings (SSSR count). The predicted octanol–water partition coefficient (Wildman–Crippen LogP) is 3.10. The second kappa shape index (κ2) is 6.06. The molecule has 1 aromatic carbocycles. The van der Waals surface area contributed by atoms with Crippen molar-refractivity contribution in [3.8, 4) is 0 Å². The first-order valence-electron chi connectivity index (χ1n) is 7.44. The van der Waals surface area contributed by atoms with Crippen LogP contribution in [0.15, 0.2) is 18.2 Å². The first-order valence-corrected chi connectivity index (χ1v) is 7.44. The number of rotatable bonds is 4. The van der Waals surface area contributed by atoms with Gasteiger partial charge in [0, 0.05) is 12.1 Å². The average Bonchev–Trinajstić information content (AvgIpc) is 2.38. The zero-order valence-corrected chi connectivity index (χ0v) is 12.8. The van der Waals surface area contributed by atoms with E-state index in [0.717, 1.165) is 43.4 Å². The van der Waals surface area contributed by atoms with Crippen molar-refractivity contribution in [2.24, 2.45) is 0 Å². The highest BCUT2D eigenvalue weighted by molar-refractivity contribution is 5.96. The molecule has 0 aromatic heterocycles. The molecule has 110 valence electrons. The summed E-state index contributed by atoms with van der Waals surface area (Å²) in [7, 11) is 4.02. The molecule has 1 fully saturated rings. The summed E-state index contributed by atoms with van der Waals surface area (Å²) in [6, 6.07) is 5.94. The van der Waals surface area contributed by atoms with Crippen molar-refractivity contribution >= 4 is 5.78 Å². The van der Waals surface area contributed by atoms with Gasteiger partial charge < -0.3 is 10.0 Å². The number of carbonyl (C=O) groups excluding carboxylic acids is 1. The van der Waals surface area contributed by atoms with E-state index in [4.69, 9.17) is 0 Å². The topological polar surface area (TPSA) is 40.5 Å². The summed E-state index contributed by atoms with van der Waals surface area (Å²) in [4.78, 5) is 14.0. The molecule has 0 bridgehead atoms. The second-order valence-electron chi connectivity index (χ2n) is 6.27. The Morgan fingerprint density at radius 3 is 2.45 bits per heavy atom. The number of ketones is 1. The van der Waals surface area contributed by atoms with Crippen molar-refractivity contribution in [2.45, 2.75) is 51.2 Å². The van der Waals surface area contributed by atoms with Crippen molar-refractivity contribution in [3.05, 3.63) is 34.9 Å². The van der Waals surface area contributed by atoms with Crippen LogP contribution < -0.4 is 0 Å². The lowest BCUT2D eigenvalue weighted by Crippen LogP contribution is -2.30. The van der Waals surface area contributed by atoms with Crippen molar-refractivity contribution in [3.63, 3.8) is 0 Å². The van der Waals surface area contributed by atoms with Gasteiger partial charge in [0.15, 0.2) is 5.78 Å². The first kappa shape index (κ1) is 15.2. The van der Waals surface area contributed by atoms with E-state index in [2.05, 4.69) is 4.90 Å². The molecular formula is C17H25NO2. The van der Waals surface area contributed by atoms with Crippen molar-refractivity contribution in [2.75, 3.05) is 14.1 Å². The number of hydrogen-bond acceptors (Lipinski definition) is 3. The summed E-state index contributed by atoms with van der Waals surface area (Å²) in [5, 5.41) is 10.9. The fourth-order valence-corrected chi connectivity index (χ4v) is 3.16. The summed E-state index contributed by atoms with van der Waals surface area (Å²) in [5.41, 5.74) is 1.82. The molecule has 3 nitrogen and oxygen atoms in total. The molecule has 0 atom stereocenters. The molecule has 3 heteroatoms. The van der Waals surface area contributed by atoms with Gasteiger partial charge in [-0.05, 0) is 51.1 Å². The number of aliphatic hydroxyl groups is 1. The molecule has 1 aliphatic carbocycles. The average molecular weight is 275 g/mol. The molecule has 0 spiro atoms. The Morgan fingerprint density at radius 1 is 1.25 bits per heavy atom. The van der Waals surface area contributed by atoms with Crippen LogP contribution in [0.5, 0.6) is 0 Å². The van der Waals surface area contributed by atoms with E-state index in [1.54, 1.807) is 6.92 Å². The van der Waals surface area contributed by atoms with Crippen LogP contribution >= 0.6 is 0 Å². The van der Waals surface area contributed by atoms with Gasteiger partial charge in [-0.3, -0.25) is 4.79 Å². The molecule has 1 saturated carbocycles. The molecule has 0 aliphatic heterocycles. The molecule has 1 N–H and O–H groups in total. The maximum absolute atomic E-state index is 12.0. The number of Topliss-reactive ketones (excluding diaryl/α,β-unsaturated/α-hetero) is 1. The lowest BCUT2D eigenvalue weighted by Gasteiger charge is -2.34. The standard InChI is InChI=1S/C17H25NO2/c1-13(19)15-11-14(12-18(2)3)7-8-16(15)17(20)9-5-4-6-10-17/h7-8,11,20H,4-6,9-10,12H2,1-3H3.